The van der Waals surface area contributed by atoms with Crippen molar-refractivity contribution in [3.63, 3.8) is 0 Å². The Morgan fingerprint density at radius 1 is 1.03 bits per heavy atom. The molecule has 6 rings (SSSR count). The highest BCUT2D eigenvalue weighted by Gasteiger charge is 2.61. The number of halogens is 2. The van der Waals surface area contributed by atoms with Gasteiger partial charge in [0.25, 0.3) is 0 Å². The third kappa shape index (κ3) is 3.20. The van der Waals surface area contributed by atoms with E-state index in [1.807, 2.05) is 31.2 Å². The number of nitrogens with zero attached hydrogens (tertiary/aromatic N) is 2. The highest BCUT2D eigenvalue weighted by Crippen LogP contribution is 2.65. The van der Waals surface area contributed by atoms with Crippen molar-refractivity contribution in [3.05, 3.63) is 81.3 Å². The van der Waals surface area contributed by atoms with Crippen molar-refractivity contribution >= 4 is 34.0 Å². The summed E-state index contributed by atoms with van der Waals surface area (Å²) in [6.45, 7) is 2.24. The summed E-state index contributed by atoms with van der Waals surface area (Å²) in [5.74, 6) is 0.401. The second kappa shape index (κ2) is 8.07. The maximum absolute atomic E-state index is 11.5. The minimum absolute atomic E-state index is 0.0527. The number of aromatic nitrogens is 1. The molecule has 6 nitrogen and oxygen atoms in total. The first-order valence-corrected chi connectivity index (χ1v) is 12.4. The summed E-state index contributed by atoms with van der Waals surface area (Å²) in [5, 5.41) is 35.0. The number of fused-ring (bicyclic) bond motifs is 6. The number of ether oxygens (including phenoxy) is 2. The molecule has 0 saturated carbocycles. The molecular formula is C28H22Cl2N2O4. The highest BCUT2D eigenvalue weighted by atomic mass is 35.5. The molecule has 0 radical (unpaired) electrons. The zero-order chi connectivity index (χ0) is 25.2. The van der Waals surface area contributed by atoms with Gasteiger partial charge >= 0.3 is 0 Å². The summed E-state index contributed by atoms with van der Waals surface area (Å²) in [4.78, 5) is 0. The van der Waals surface area contributed by atoms with Crippen molar-refractivity contribution in [2.45, 2.75) is 37.4 Å². The Morgan fingerprint density at radius 2 is 1.78 bits per heavy atom. The third-order valence-corrected chi connectivity index (χ3v) is 7.98. The molecular weight excluding hydrogens is 499 g/mol. The van der Waals surface area contributed by atoms with Crippen LogP contribution in [-0.4, -0.2) is 21.4 Å². The summed E-state index contributed by atoms with van der Waals surface area (Å²) < 4.78 is 13.9. The van der Waals surface area contributed by atoms with Gasteiger partial charge in [0.1, 0.15) is 11.4 Å². The number of benzene rings is 3. The van der Waals surface area contributed by atoms with Crippen LogP contribution in [-0.2, 0) is 15.9 Å². The van der Waals surface area contributed by atoms with E-state index in [0.717, 1.165) is 10.8 Å². The maximum atomic E-state index is 11.5. The molecule has 3 aromatic carbocycles. The van der Waals surface area contributed by atoms with Crippen LogP contribution < -0.4 is 4.74 Å². The Hall–Kier alpha value is -3.37. The summed E-state index contributed by atoms with van der Waals surface area (Å²) in [6.07, 6.45) is 1.84. The lowest BCUT2D eigenvalue weighted by Gasteiger charge is -2.26. The molecule has 1 fully saturated rings. The Kier molecular flexibility index (Phi) is 5.17. The smallest absolute Gasteiger partial charge is 0.205 e. The fourth-order valence-electron chi connectivity index (χ4n) is 5.83. The SMILES string of the molecule is C[C@@]12CC[C@@](CCOc3ccc(Cl)cc3Cl)(O1)c1c2c(O)n(-c2ccc(C#N)c3ccccc23)c1O. The van der Waals surface area contributed by atoms with Crippen LogP contribution in [0.2, 0.25) is 10.0 Å². The second-order valence-corrected chi connectivity index (χ2v) is 10.4. The fraction of sp³-hybridized carbons (Fsp3) is 0.250. The number of aromatic hydroxyl groups is 2. The first-order chi connectivity index (χ1) is 17.3. The Morgan fingerprint density at radius 3 is 2.53 bits per heavy atom. The molecule has 2 aliphatic heterocycles. The van der Waals surface area contributed by atoms with Crippen molar-refractivity contribution in [3.8, 4) is 29.3 Å². The lowest BCUT2D eigenvalue weighted by Crippen LogP contribution is -2.25. The van der Waals surface area contributed by atoms with Crippen LogP contribution in [0.4, 0.5) is 0 Å². The zero-order valence-electron chi connectivity index (χ0n) is 19.4. The minimum Gasteiger partial charge on any atom is -0.494 e. The Balaban J connectivity index is 1.42. The fourth-order valence-corrected chi connectivity index (χ4v) is 6.29. The molecule has 0 spiro atoms. The van der Waals surface area contributed by atoms with Crippen molar-refractivity contribution in [1.29, 1.82) is 5.26 Å². The van der Waals surface area contributed by atoms with Gasteiger partial charge in [0.2, 0.25) is 11.8 Å². The number of hydrogen-bond donors (Lipinski definition) is 2. The van der Waals surface area contributed by atoms with Gasteiger partial charge in [-0.2, -0.15) is 5.26 Å². The number of hydrogen-bond acceptors (Lipinski definition) is 5. The van der Waals surface area contributed by atoms with Gasteiger partial charge < -0.3 is 19.7 Å². The normalized spacial score (nSPS) is 22.1. The van der Waals surface area contributed by atoms with Crippen molar-refractivity contribution in [2.75, 3.05) is 6.61 Å². The first kappa shape index (κ1) is 23.1. The molecule has 3 heterocycles. The van der Waals surface area contributed by atoms with E-state index in [1.54, 1.807) is 30.3 Å². The monoisotopic (exact) mass is 520 g/mol. The summed E-state index contributed by atoms with van der Waals surface area (Å²) in [7, 11) is 0. The van der Waals surface area contributed by atoms with Crippen LogP contribution in [0.5, 0.6) is 17.5 Å². The van der Waals surface area contributed by atoms with Crippen molar-refractivity contribution < 1.29 is 19.7 Å². The summed E-state index contributed by atoms with van der Waals surface area (Å²) in [6, 6.07) is 18.2. The predicted molar refractivity (Wildman–Crippen MR) is 137 cm³/mol. The predicted octanol–water partition coefficient (Wildman–Crippen LogP) is 6.92. The molecule has 1 aromatic heterocycles. The van der Waals surface area contributed by atoms with E-state index in [2.05, 4.69) is 6.07 Å². The van der Waals surface area contributed by atoms with Gasteiger partial charge in [0.15, 0.2) is 0 Å². The van der Waals surface area contributed by atoms with E-state index >= 15 is 0 Å². The molecule has 2 aliphatic rings. The minimum atomic E-state index is -0.807. The van der Waals surface area contributed by atoms with Gasteiger partial charge in [-0.05, 0) is 50.1 Å². The summed E-state index contributed by atoms with van der Waals surface area (Å²) >= 11 is 12.2. The van der Waals surface area contributed by atoms with Crippen LogP contribution in [0.1, 0.15) is 42.9 Å². The lowest BCUT2D eigenvalue weighted by atomic mass is 9.78. The van der Waals surface area contributed by atoms with Gasteiger partial charge in [0, 0.05) is 22.2 Å². The van der Waals surface area contributed by atoms with Crippen molar-refractivity contribution in [1.82, 2.24) is 4.57 Å². The molecule has 2 N–H and O–H groups in total. The molecule has 1 saturated heterocycles. The average Bonchev–Trinajstić information content (AvgIpc) is 3.44. The quantitative estimate of drug-likeness (QED) is 0.298. The van der Waals surface area contributed by atoms with Crippen LogP contribution in [0.15, 0.2) is 54.6 Å². The van der Waals surface area contributed by atoms with E-state index < -0.39 is 11.2 Å². The largest absolute Gasteiger partial charge is 0.494 e. The van der Waals surface area contributed by atoms with E-state index in [-0.39, 0.29) is 11.8 Å². The van der Waals surface area contributed by atoms with Crippen LogP contribution in [0, 0.1) is 11.3 Å². The molecule has 4 aromatic rings. The van der Waals surface area contributed by atoms with Gasteiger partial charge in [-0.15, -0.1) is 0 Å². The second-order valence-electron chi connectivity index (χ2n) is 9.52. The molecule has 8 heteroatoms. The van der Waals surface area contributed by atoms with E-state index in [0.29, 0.717) is 64.0 Å². The van der Waals surface area contributed by atoms with Crippen LogP contribution >= 0.6 is 23.2 Å². The Bertz CT molecular complexity index is 1590. The van der Waals surface area contributed by atoms with E-state index in [1.165, 1.54) is 4.57 Å². The van der Waals surface area contributed by atoms with Crippen LogP contribution in [0.3, 0.4) is 0 Å². The summed E-state index contributed by atoms with van der Waals surface area (Å²) in [5.41, 5.74) is 0.770. The number of nitriles is 1. The molecule has 0 amide bonds. The third-order valence-electron chi connectivity index (χ3n) is 7.45. The van der Waals surface area contributed by atoms with Gasteiger partial charge in [0.05, 0.1) is 45.7 Å². The topological polar surface area (TPSA) is 87.6 Å². The lowest BCUT2D eigenvalue weighted by molar-refractivity contribution is -0.0876. The van der Waals surface area contributed by atoms with Crippen LogP contribution in [0.25, 0.3) is 16.5 Å². The molecule has 2 atom stereocenters. The molecule has 36 heavy (non-hydrogen) atoms. The van der Waals surface area contributed by atoms with E-state index in [4.69, 9.17) is 32.7 Å². The van der Waals surface area contributed by atoms with Crippen molar-refractivity contribution in [2.24, 2.45) is 0 Å². The maximum Gasteiger partial charge on any atom is 0.205 e. The average molecular weight is 521 g/mol. The molecule has 182 valence electrons. The van der Waals surface area contributed by atoms with E-state index in [9.17, 15) is 15.5 Å². The van der Waals surface area contributed by atoms with Gasteiger partial charge in [-0.25, -0.2) is 0 Å². The first-order valence-electron chi connectivity index (χ1n) is 11.7. The molecule has 0 aliphatic carbocycles. The Labute approximate surface area is 217 Å². The number of rotatable bonds is 5. The van der Waals surface area contributed by atoms with Gasteiger partial charge in [-0.3, -0.25) is 4.57 Å². The standard InChI is InChI=1S/C28H22Cl2N2O4/c1-27-10-11-28(36-27,12-13-35-22-9-7-17(29)14-20(22)30)24-23(27)25(33)32(26(24)34)21-8-6-16(15-31)18-4-2-3-5-19(18)21/h2-9,14,33-34H,10-13H2,1H3/t27-,28-/m0/s1. The molecule has 2 bridgehead atoms. The zero-order valence-corrected chi connectivity index (χ0v) is 20.9. The highest BCUT2D eigenvalue weighted by molar-refractivity contribution is 6.35. The van der Waals surface area contributed by atoms with Gasteiger partial charge in [-0.1, -0.05) is 47.5 Å². The molecule has 0 unspecified atom stereocenters.